The van der Waals surface area contributed by atoms with Crippen molar-refractivity contribution in [2.24, 2.45) is 0 Å². The van der Waals surface area contributed by atoms with Gasteiger partial charge in [-0.25, -0.2) is 0 Å². The Bertz CT molecular complexity index is 580. The first-order chi connectivity index (χ1) is 10.3. The maximum Gasteiger partial charge on any atom is 0.166 e. The van der Waals surface area contributed by atoms with Crippen LogP contribution in [0, 0.1) is 0 Å². The molecule has 1 aliphatic heterocycles. The molecule has 2 aromatic carbocycles. The molecule has 0 saturated heterocycles. The number of benzene rings is 2. The Balaban J connectivity index is 1.69. The van der Waals surface area contributed by atoms with Crippen molar-refractivity contribution in [3.05, 3.63) is 53.6 Å². The Labute approximate surface area is 128 Å². The highest BCUT2D eigenvalue weighted by molar-refractivity contribution is 8.00. The van der Waals surface area contributed by atoms with Gasteiger partial charge in [-0.05, 0) is 24.1 Å². The maximum absolute atomic E-state index is 9.43. The molecule has 1 atom stereocenters. The fourth-order valence-electron chi connectivity index (χ4n) is 2.53. The average Bonchev–Trinajstić information content (AvgIpc) is 2.95. The molecule has 110 valence electrons. The summed E-state index contributed by atoms with van der Waals surface area (Å²) in [6.45, 7) is 0.553. The summed E-state index contributed by atoms with van der Waals surface area (Å²) in [5, 5.41) is 9.83. The number of rotatable bonds is 5. The molecule has 2 aromatic rings. The largest absolute Gasteiger partial charge is 0.493 e. The SMILES string of the molecule is COc1cccc(CO)c1OCC1Cc2ccccc2S1. The van der Waals surface area contributed by atoms with Crippen molar-refractivity contribution in [3.63, 3.8) is 0 Å². The minimum atomic E-state index is -0.0510. The average molecular weight is 302 g/mol. The summed E-state index contributed by atoms with van der Waals surface area (Å²) in [4.78, 5) is 1.34. The number of ether oxygens (including phenoxy) is 2. The van der Waals surface area contributed by atoms with Crippen LogP contribution in [0.3, 0.4) is 0 Å². The number of hydrogen-bond acceptors (Lipinski definition) is 4. The molecule has 1 N–H and O–H groups in total. The topological polar surface area (TPSA) is 38.7 Å². The molecule has 3 rings (SSSR count). The Hall–Kier alpha value is -1.65. The zero-order valence-corrected chi connectivity index (χ0v) is 12.7. The number of aliphatic hydroxyl groups excluding tert-OH is 1. The van der Waals surface area contributed by atoms with Crippen molar-refractivity contribution < 1.29 is 14.6 Å². The number of fused-ring (bicyclic) bond motifs is 1. The highest BCUT2D eigenvalue weighted by Crippen LogP contribution is 2.38. The van der Waals surface area contributed by atoms with Crippen LogP contribution >= 0.6 is 11.8 Å². The number of methoxy groups -OCH3 is 1. The van der Waals surface area contributed by atoms with Crippen molar-refractivity contribution in [1.82, 2.24) is 0 Å². The molecule has 0 aromatic heterocycles. The first kappa shape index (κ1) is 14.3. The lowest BCUT2D eigenvalue weighted by Gasteiger charge is -2.16. The zero-order chi connectivity index (χ0) is 14.7. The number of aliphatic hydroxyl groups is 1. The molecule has 0 fully saturated rings. The van der Waals surface area contributed by atoms with Gasteiger partial charge in [-0.15, -0.1) is 11.8 Å². The fraction of sp³-hybridized carbons (Fsp3) is 0.294. The van der Waals surface area contributed by atoms with Gasteiger partial charge in [-0.1, -0.05) is 30.3 Å². The van der Waals surface area contributed by atoms with E-state index in [1.165, 1.54) is 10.5 Å². The molecule has 1 aliphatic rings. The van der Waals surface area contributed by atoms with Crippen molar-refractivity contribution >= 4 is 11.8 Å². The van der Waals surface area contributed by atoms with Crippen LogP contribution in [0.1, 0.15) is 11.1 Å². The van der Waals surface area contributed by atoms with Gasteiger partial charge in [0, 0.05) is 15.7 Å². The second kappa shape index (κ2) is 6.41. The molecule has 4 heteroatoms. The highest BCUT2D eigenvalue weighted by Gasteiger charge is 2.23. The molecule has 0 saturated carbocycles. The minimum absolute atomic E-state index is 0.0510. The quantitative estimate of drug-likeness (QED) is 0.920. The molecule has 0 radical (unpaired) electrons. The van der Waals surface area contributed by atoms with Crippen molar-refractivity contribution in [2.75, 3.05) is 13.7 Å². The number of para-hydroxylation sites is 1. The minimum Gasteiger partial charge on any atom is -0.493 e. The van der Waals surface area contributed by atoms with Crippen LogP contribution in [0.4, 0.5) is 0 Å². The monoisotopic (exact) mass is 302 g/mol. The van der Waals surface area contributed by atoms with Crippen LogP contribution in [0.2, 0.25) is 0 Å². The van der Waals surface area contributed by atoms with Crippen molar-refractivity contribution in [1.29, 1.82) is 0 Å². The van der Waals surface area contributed by atoms with Gasteiger partial charge in [0.25, 0.3) is 0 Å². The lowest BCUT2D eigenvalue weighted by Crippen LogP contribution is -2.14. The van der Waals surface area contributed by atoms with E-state index in [0.29, 0.717) is 23.4 Å². The van der Waals surface area contributed by atoms with Gasteiger partial charge in [0.15, 0.2) is 11.5 Å². The number of thioether (sulfide) groups is 1. The molecule has 0 bridgehead atoms. The predicted octanol–water partition coefficient (Wildman–Crippen LogP) is 3.28. The van der Waals surface area contributed by atoms with Crippen LogP contribution < -0.4 is 9.47 Å². The summed E-state index contributed by atoms with van der Waals surface area (Å²) in [6, 6.07) is 14.0. The Morgan fingerprint density at radius 3 is 2.81 bits per heavy atom. The summed E-state index contributed by atoms with van der Waals surface area (Å²) in [7, 11) is 1.61. The molecule has 1 unspecified atom stereocenters. The van der Waals surface area contributed by atoms with E-state index in [1.807, 2.05) is 30.0 Å². The normalized spacial score (nSPS) is 16.6. The van der Waals surface area contributed by atoms with E-state index in [0.717, 1.165) is 12.0 Å². The molecule has 0 spiro atoms. The molecule has 1 heterocycles. The third kappa shape index (κ3) is 3.01. The standard InChI is InChI=1S/C17H18O3S/c1-19-15-7-4-6-13(10-18)17(15)20-11-14-9-12-5-2-3-8-16(12)21-14/h2-8,14,18H,9-11H2,1H3. The first-order valence-electron chi connectivity index (χ1n) is 6.96. The van der Waals surface area contributed by atoms with Gasteiger partial charge in [-0.2, -0.15) is 0 Å². The summed E-state index contributed by atoms with van der Waals surface area (Å²) >= 11 is 1.85. The van der Waals surface area contributed by atoms with E-state index < -0.39 is 0 Å². The molecule has 21 heavy (non-hydrogen) atoms. The van der Waals surface area contributed by atoms with Crippen LogP contribution in [0.15, 0.2) is 47.4 Å². The molecular weight excluding hydrogens is 284 g/mol. The second-order valence-electron chi connectivity index (χ2n) is 4.97. The van der Waals surface area contributed by atoms with E-state index in [-0.39, 0.29) is 6.61 Å². The van der Waals surface area contributed by atoms with Crippen LogP contribution in [-0.4, -0.2) is 24.1 Å². The van der Waals surface area contributed by atoms with Gasteiger partial charge >= 0.3 is 0 Å². The van der Waals surface area contributed by atoms with Gasteiger partial charge in [0.2, 0.25) is 0 Å². The summed E-state index contributed by atoms with van der Waals surface area (Å²) in [5.41, 5.74) is 2.15. The van der Waals surface area contributed by atoms with E-state index in [2.05, 4.69) is 24.3 Å². The molecule has 0 aliphatic carbocycles. The van der Waals surface area contributed by atoms with Gasteiger partial charge in [0.05, 0.1) is 13.7 Å². The third-order valence-electron chi connectivity index (χ3n) is 3.58. The van der Waals surface area contributed by atoms with Gasteiger partial charge in [0.1, 0.15) is 6.61 Å². The van der Waals surface area contributed by atoms with Gasteiger partial charge < -0.3 is 14.6 Å². The van der Waals surface area contributed by atoms with Crippen LogP contribution in [0.25, 0.3) is 0 Å². The van der Waals surface area contributed by atoms with Crippen molar-refractivity contribution in [2.45, 2.75) is 23.2 Å². The lowest BCUT2D eigenvalue weighted by molar-refractivity contribution is 0.255. The van der Waals surface area contributed by atoms with E-state index >= 15 is 0 Å². The smallest absolute Gasteiger partial charge is 0.166 e. The second-order valence-corrected chi connectivity index (χ2v) is 6.31. The Morgan fingerprint density at radius 1 is 1.19 bits per heavy atom. The number of hydrogen-bond donors (Lipinski definition) is 1. The molecular formula is C17H18O3S. The van der Waals surface area contributed by atoms with Crippen molar-refractivity contribution in [3.8, 4) is 11.5 Å². The van der Waals surface area contributed by atoms with E-state index in [9.17, 15) is 5.11 Å². The summed E-state index contributed by atoms with van der Waals surface area (Å²) < 4.78 is 11.3. The fourth-order valence-corrected chi connectivity index (χ4v) is 3.75. The van der Waals surface area contributed by atoms with E-state index in [1.54, 1.807) is 7.11 Å². The van der Waals surface area contributed by atoms with Crippen LogP contribution in [-0.2, 0) is 13.0 Å². The molecule has 3 nitrogen and oxygen atoms in total. The summed E-state index contributed by atoms with van der Waals surface area (Å²) in [5.74, 6) is 1.32. The summed E-state index contributed by atoms with van der Waals surface area (Å²) in [6.07, 6.45) is 1.02. The van der Waals surface area contributed by atoms with Gasteiger partial charge in [-0.3, -0.25) is 0 Å². The first-order valence-corrected chi connectivity index (χ1v) is 7.84. The Morgan fingerprint density at radius 2 is 2.05 bits per heavy atom. The highest BCUT2D eigenvalue weighted by atomic mass is 32.2. The Kier molecular flexibility index (Phi) is 4.36. The van der Waals surface area contributed by atoms with E-state index in [4.69, 9.17) is 9.47 Å². The maximum atomic E-state index is 9.43. The zero-order valence-electron chi connectivity index (χ0n) is 11.9. The lowest BCUT2D eigenvalue weighted by atomic mass is 10.1. The molecule has 0 amide bonds. The third-order valence-corrected chi connectivity index (χ3v) is 4.87. The predicted molar refractivity (Wildman–Crippen MR) is 84.2 cm³/mol. The van der Waals surface area contributed by atoms with Crippen LogP contribution in [0.5, 0.6) is 11.5 Å².